The van der Waals surface area contributed by atoms with E-state index in [2.05, 4.69) is 23.9 Å². The van der Waals surface area contributed by atoms with Crippen LogP contribution in [0.4, 0.5) is 11.4 Å². The number of methoxy groups -OCH3 is 1. The normalized spacial score (nSPS) is 11.5. The summed E-state index contributed by atoms with van der Waals surface area (Å²) in [7, 11) is 1.17. The molecule has 0 heterocycles. The summed E-state index contributed by atoms with van der Waals surface area (Å²) in [4.78, 5) is 34.5. The summed E-state index contributed by atoms with van der Waals surface area (Å²) in [6.45, 7) is 4.21. The zero-order valence-electron chi connectivity index (χ0n) is 14.8. The van der Waals surface area contributed by atoms with E-state index in [9.17, 15) is 19.7 Å². The van der Waals surface area contributed by atoms with Gasteiger partial charge < -0.3 is 10.1 Å². The van der Waals surface area contributed by atoms with Crippen molar-refractivity contribution in [1.29, 1.82) is 0 Å². The third kappa shape index (κ3) is 4.44. The first-order valence-electron chi connectivity index (χ1n) is 8.14. The molecule has 0 aliphatic rings. The van der Waals surface area contributed by atoms with E-state index in [1.165, 1.54) is 13.2 Å². The molecule has 26 heavy (non-hydrogen) atoms. The summed E-state index contributed by atoms with van der Waals surface area (Å²) in [6.07, 6.45) is 1.01. The molecule has 0 aliphatic heterocycles. The number of nitro benzene ring substituents is 1. The third-order valence-corrected chi connectivity index (χ3v) is 4.16. The molecule has 7 nitrogen and oxygen atoms in total. The molecule has 0 fully saturated rings. The Bertz CT molecular complexity index is 830. The quantitative estimate of drug-likeness (QED) is 0.476. The first-order valence-corrected chi connectivity index (χ1v) is 8.14. The minimum Gasteiger partial charge on any atom is -0.465 e. The van der Waals surface area contributed by atoms with Crippen LogP contribution in [0.3, 0.4) is 0 Å². The maximum absolute atomic E-state index is 12.4. The lowest BCUT2D eigenvalue weighted by Gasteiger charge is -2.11. The van der Waals surface area contributed by atoms with Crippen LogP contribution in [-0.2, 0) is 4.74 Å². The summed E-state index contributed by atoms with van der Waals surface area (Å²) in [5.74, 6) is -0.880. The molecule has 1 amide bonds. The molecule has 0 aromatic heterocycles. The number of benzene rings is 2. The van der Waals surface area contributed by atoms with Gasteiger partial charge in [0, 0.05) is 23.4 Å². The molecular formula is C19H20N2O5. The predicted molar refractivity (Wildman–Crippen MR) is 97.5 cm³/mol. The summed E-state index contributed by atoms with van der Waals surface area (Å²) >= 11 is 0. The second kappa shape index (κ2) is 8.24. The highest BCUT2D eigenvalue weighted by Gasteiger charge is 2.18. The molecular weight excluding hydrogens is 336 g/mol. The first-order chi connectivity index (χ1) is 12.3. The fourth-order valence-electron chi connectivity index (χ4n) is 2.42. The van der Waals surface area contributed by atoms with Gasteiger partial charge in [0.25, 0.3) is 11.6 Å². The number of hydrogen-bond acceptors (Lipinski definition) is 5. The number of anilines is 1. The molecule has 0 aliphatic carbocycles. The number of esters is 1. The maximum atomic E-state index is 12.4. The van der Waals surface area contributed by atoms with Gasteiger partial charge in [-0.2, -0.15) is 0 Å². The second-order valence-corrected chi connectivity index (χ2v) is 5.90. The van der Waals surface area contributed by atoms with Crippen LogP contribution in [0, 0.1) is 10.1 Å². The van der Waals surface area contributed by atoms with E-state index in [1.54, 1.807) is 12.1 Å². The van der Waals surface area contributed by atoms with Crippen LogP contribution in [0.15, 0.2) is 42.5 Å². The number of non-ortho nitro benzene ring substituents is 1. The molecule has 7 heteroatoms. The highest BCUT2D eigenvalue weighted by molar-refractivity contribution is 6.06. The molecule has 0 bridgehead atoms. The van der Waals surface area contributed by atoms with Gasteiger partial charge in [0.15, 0.2) is 0 Å². The highest BCUT2D eigenvalue weighted by Crippen LogP contribution is 2.22. The van der Waals surface area contributed by atoms with Gasteiger partial charge in [-0.3, -0.25) is 14.9 Å². The van der Waals surface area contributed by atoms with Crippen molar-refractivity contribution >= 4 is 23.3 Å². The fourth-order valence-corrected chi connectivity index (χ4v) is 2.42. The summed E-state index contributed by atoms with van der Waals surface area (Å²) in [5.41, 5.74) is 1.32. The lowest BCUT2D eigenvalue weighted by molar-refractivity contribution is -0.384. The van der Waals surface area contributed by atoms with Crippen molar-refractivity contribution in [3.63, 3.8) is 0 Å². The summed E-state index contributed by atoms with van der Waals surface area (Å²) in [5, 5.41) is 13.7. The third-order valence-electron chi connectivity index (χ3n) is 4.16. The van der Waals surface area contributed by atoms with Crippen molar-refractivity contribution in [2.24, 2.45) is 0 Å². The maximum Gasteiger partial charge on any atom is 0.338 e. The topological polar surface area (TPSA) is 98.5 Å². The van der Waals surface area contributed by atoms with E-state index in [4.69, 9.17) is 0 Å². The van der Waals surface area contributed by atoms with Crippen LogP contribution in [0.25, 0.3) is 0 Å². The van der Waals surface area contributed by atoms with E-state index in [0.29, 0.717) is 11.6 Å². The van der Waals surface area contributed by atoms with E-state index in [0.717, 1.165) is 24.1 Å². The second-order valence-electron chi connectivity index (χ2n) is 5.90. The SMILES string of the molecule is CCC(C)c1ccc(NC(=O)c2cc(C(=O)OC)cc([N+](=O)[O-])c2)cc1. The number of nitrogens with one attached hydrogen (secondary N) is 1. The number of hydrogen-bond donors (Lipinski definition) is 1. The van der Waals surface area contributed by atoms with Gasteiger partial charge >= 0.3 is 5.97 Å². The average Bonchev–Trinajstić information content (AvgIpc) is 2.66. The molecule has 0 spiro atoms. The molecule has 1 unspecified atom stereocenters. The van der Waals surface area contributed by atoms with Crippen molar-refractivity contribution in [1.82, 2.24) is 0 Å². The van der Waals surface area contributed by atoms with Crippen LogP contribution < -0.4 is 5.32 Å². The highest BCUT2D eigenvalue weighted by atomic mass is 16.6. The van der Waals surface area contributed by atoms with Gasteiger partial charge in [-0.1, -0.05) is 26.0 Å². The Hall–Kier alpha value is -3.22. The zero-order valence-corrected chi connectivity index (χ0v) is 14.8. The zero-order chi connectivity index (χ0) is 19.3. The number of nitrogens with zero attached hydrogens (tertiary/aromatic N) is 1. The number of rotatable bonds is 6. The molecule has 1 N–H and O–H groups in total. The van der Waals surface area contributed by atoms with Crippen molar-refractivity contribution in [2.75, 3.05) is 12.4 Å². The van der Waals surface area contributed by atoms with E-state index >= 15 is 0 Å². The Morgan fingerprint density at radius 1 is 1.15 bits per heavy atom. The fraction of sp³-hybridized carbons (Fsp3) is 0.263. The lowest BCUT2D eigenvalue weighted by Crippen LogP contribution is -2.14. The molecule has 0 saturated heterocycles. The number of amides is 1. The van der Waals surface area contributed by atoms with Gasteiger partial charge in [-0.25, -0.2) is 4.79 Å². The van der Waals surface area contributed by atoms with Crippen molar-refractivity contribution in [2.45, 2.75) is 26.2 Å². The molecule has 2 rings (SSSR count). The van der Waals surface area contributed by atoms with Crippen LogP contribution in [0.2, 0.25) is 0 Å². The number of carbonyl (C=O) groups excluding carboxylic acids is 2. The Balaban J connectivity index is 2.27. The predicted octanol–water partition coefficient (Wildman–Crippen LogP) is 4.15. The summed E-state index contributed by atoms with van der Waals surface area (Å²) < 4.78 is 4.58. The number of carbonyl (C=O) groups is 2. The molecule has 0 saturated carbocycles. The number of ether oxygens (including phenoxy) is 1. The van der Waals surface area contributed by atoms with E-state index in [-0.39, 0.29) is 16.8 Å². The summed E-state index contributed by atoms with van der Waals surface area (Å²) in [6, 6.07) is 10.9. The van der Waals surface area contributed by atoms with Gasteiger partial charge in [0.2, 0.25) is 0 Å². The smallest absolute Gasteiger partial charge is 0.338 e. The van der Waals surface area contributed by atoms with Crippen molar-refractivity contribution in [3.8, 4) is 0 Å². The van der Waals surface area contributed by atoms with E-state index < -0.39 is 16.8 Å². The minimum atomic E-state index is -0.749. The Morgan fingerprint density at radius 3 is 2.31 bits per heavy atom. The standard InChI is InChI=1S/C19H20N2O5/c1-4-12(2)13-5-7-16(8-6-13)20-18(22)14-9-15(19(23)26-3)11-17(10-14)21(24)25/h5-12H,4H2,1-3H3,(H,20,22). The minimum absolute atomic E-state index is 0.00519. The Kier molecular flexibility index (Phi) is 6.06. The number of nitro groups is 1. The molecule has 2 aromatic carbocycles. The van der Waals surface area contributed by atoms with Crippen LogP contribution in [0.1, 0.15) is 52.5 Å². The van der Waals surface area contributed by atoms with Crippen LogP contribution in [0.5, 0.6) is 0 Å². The Labute approximate surface area is 151 Å². The molecule has 2 aromatic rings. The van der Waals surface area contributed by atoms with Crippen LogP contribution >= 0.6 is 0 Å². The average molecular weight is 356 g/mol. The van der Waals surface area contributed by atoms with Crippen molar-refractivity contribution in [3.05, 3.63) is 69.3 Å². The van der Waals surface area contributed by atoms with Gasteiger partial charge in [0.05, 0.1) is 17.6 Å². The first kappa shape index (κ1) is 19.1. The van der Waals surface area contributed by atoms with Crippen molar-refractivity contribution < 1.29 is 19.2 Å². The van der Waals surface area contributed by atoms with Gasteiger partial charge in [-0.15, -0.1) is 0 Å². The van der Waals surface area contributed by atoms with E-state index in [1.807, 2.05) is 12.1 Å². The molecule has 0 radical (unpaired) electrons. The van der Waals surface area contributed by atoms with Gasteiger partial charge in [0.1, 0.15) is 0 Å². The van der Waals surface area contributed by atoms with Crippen LogP contribution in [-0.4, -0.2) is 23.9 Å². The Morgan fingerprint density at radius 2 is 1.77 bits per heavy atom. The molecule has 1 atom stereocenters. The van der Waals surface area contributed by atoms with Gasteiger partial charge in [-0.05, 0) is 36.1 Å². The molecule has 136 valence electrons. The monoisotopic (exact) mass is 356 g/mol. The largest absolute Gasteiger partial charge is 0.465 e. The lowest BCUT2D eigenvalue weighted by atomic mass is 9.98.